The minimum absolute atomic E-state index is 0.00691. The molecule has 12 unspecified atom stereocenters. The highest BCUT2D eigenvalue weighted by Crippen LogP contribution is 2.44. The van der Waals surface area contributed by atoms with Gasteiger partial charge in [0, 0.05) is 23.6 Å². The molecule has 0 bridgehead atoms. The lowest BCUT2D eigenvalue weighted by Gasteiger charge is -2.39. The van der Waals surface area contributed by atoms with Gasteiger partial charge >= 0.3 is 0 Å². The Hall–Kier alpha value is -3.06. The molecule has 2 aliphatic heterocycles. The van der Waals surface area contributed by atoms with Crippen molar-refractivity contribution < 1.29 is 33.8 Å². The number of benzene rings is 1. The molecule has 2 saturated heterocycles. The lowest BCUT2D eigenvalue weighted by molar-refractivity contribution is -0.146. The van der Waals surface area contributed by atoms with E-state index in [1.54, 1.807) is 9.80 Å². The molecule has 8 rings (SSSR count). The number of likely N-dealkylation sites (tertiary alicyclic amines) is 2. The van der Waals surface area contributed by atoms with Gasteiger partial charge in [-0.1, -0.05) is 30.0 Å². The quantitative estimate of drug-likeness (QED) is 0.306. The Bertz CT molecular complexity index is 1540. The van der Waals surface area contributed by atoms with Gasteiger partial charge in [-0.25, -0.2) is 0 Å². The summed E-state index contributed by atoms with van der Waals surface area (Å²) < 4.78 is 13.5. The monoisotopic (exact) mass is 698 g/mol. The summed E-state index contributed by atoms with van der Waals surface area (Å²) in [5.41, 5.74) is 0.981. The predicted molar refractivity (Wildman–Crippen MR) is 188 cm³/mol. The molecular weight excluding hydrogens is 644 g/mol. The second-order valence-corrected chi connectivity index (χ2v) is 16.7. The number of aliphatic hydroxyl groups is 1. The Morgan fingerprint density at radius 1 is 0.529 bits per heavy atom. The van der Waals surface area contributed by atoms with E-state index >= 15 is 0 Å². The van der Waals surface area contributed by atoms with Crippen LogP contribution < -0.4 is 0 Å². The molecule has 1 aromatic rings. The van der Waals surface area contributed by atoms with Crippen molar-refractivity contribution in [2.45, 2.75) is 158 Å². The van der Waals surface area contributed by atoms with Gasteiger partial charge in [0.1, 0.15) is 0 Å². The summed E-state index contributed by atoms with van der Waals surface area (Å²) in [5.74, 6) is 5.63. The third kappa shape index (κ3) is 7.30. The number of carbonyl (C=O) groups excluding carboxylic acids is 4. The van der Waals surface area contributed by atoms with Gasteiger partial charge in [0.25, 0.3) is 0 Å². The minimum atomic E-state index is -0.486. The van der Waals surface area contributed by atoms with Crippen molar-refractivity contribution in [3.63, 3.8) is 0 Å². The Labute approximate surface area is 302 Å². The van der Waals surface area contributed by atoms with E-state index in [0.29, 0.717) is 38.5 Å². The topological polar surface area (TPSA) is 113 Å². The van der Waals surface area contributed by atoms with Crippen LogP contribution in [0.4, 0.5) is 0 Å². The summed E-state index contributed by atoms with van der Waals surface area (Å²) in [6.45, 7) is 0. The number of aliphatic hydroxyl groups excluding tert-OH is 1. The molecular formula is C42H54N2O7. The SMILES string of the molecule is O=C1C2CCC(O)CC2C(=O)N1C1CCCC(OC2CCCC(OC3CCCC(N4C(=O)C5CCC(C#Cc6ccccc6)CC5C4=O)C3)C2)C1. The Balaban J connectivity index is 0.830. The largest absolute Gasteiger partial charge is 0.393 e. The Morgan fingerprint density at radius 2 is 1.02 bits per heavy atom. The summed E-state index contributed by atoms with van der Waals surface area (Å²) in [4.78, 5) is 57.2. The van der Waals surface area contributed by atoms with E-state index in [2.05, 4.69) is 11.8 Å². The van der Waals surface area contributed by atoms with E-state index in [0.717, 1.165) is 82.6 Å². The minimum Gasteiger partial charge on any atom is -0.393 e. The molecule has 12 atom stereocenters. The third-order valence-corrected chi connectivity index (χ3v) is 13.4. The standard InChI is InChI=1S/C42H54N2O7/c45-30-18-20-36-38(24-30)42(49)44(40(36)47)29-10-5-12-32(23-29)51-34-14-6-13-33(25-34)50-31-11-4-9-28(22-31)43-39(46)35-19-17-27(21-37(35)41(43)48)16-15-26-7-2-1-3-8-26/h1-3,7-8,27-38,45H,4-6,9-14,17-25H2. The molecule has 274 valence electrons. The number of fused-ring (bicyclic) bond motifs is 2. The summed E-state index contributed by atoms with van der Waals surface area (Å²) in [7, 11) is 0. The van der Waals surface area contributed by atoms with Crippen molar-refractivity contribution in [3.05, 3.63) is 35.9 Å². The summed E-state index contributed by atoms with van der Waals surface area (Å²) >= 11 is 0. The summed E-state index contributed by atoms with van der Waals surface area (Å²) in [6.07, 6.45) is 14.2. The first kappa shape index (κ1) is 35.0. The second kappa shape index (κ2) is 15.1. The second-order valence-electron chi connectivity index (χ2n) is 16.7. The van der Waals surface area contributed by atoms with E-state index in [9.17, 15) is 24.3 Å². The van der Waals surface area contributed by atoms with Crippen molar-refractivity contribution in [3.8, 4) is 11.8 Å². The maximum atomic E-state index is 13.8. The predicted octanol–water partition coefficient (Wildman–Crippen LogP) is 5.55. The number of amides is 4. The van der Waals surface area contributed by atoms with Gasteiger partial charge in [-0.15, -0.1) is 0 Å². The zero-order valence-electron chi connectivity index (χ0n) is 29.8. The first-order valence-electron chi connectivity index (χ1n) is 20.1. The molecule has 7 fully saturated rings. The molecule has 9 nitrogen and oxygen atoms in total. The summed E-state index contributed by atoms with van der Waals surface area (Å²) in [5, 5.41) is 10.1. The number of imide groups is 2. The molecule has 7 aliphatic rings. The zero-order chi connectivity index (χ0) is 35.1. The fourth-order valence-electron chi connectivity index (χ4n) is 10.8. The van der Waals surface area contributed by atoms with Gasteiger partial charge in [0.2, 0.25) is 23.6 Å². The van der Waals surface area contributed by atoms with Crippen LogP contribution in [0.25, 0.3) is 0 Å². The fourth-order valence-corrected chi connectivity index (χ4v) is 10.8. The van der Waals surface area contributed by atoms with Gasteiger partial charge in [-0.2, -0.15) is 0 Å². The van der Waals surface area contributed by atoms with E-state index in [1.807, 2.05) is 30.3 Å². The van der Waals surface area contributed by atoms with Crippen LogP contribution in [-0.4, -0.2) is 81.1 Å². The highest BCUT2D eigenvalue weighted by Gasteiger charge is 2.54. The normalized spacial score (nSPS) is 40.1. The van der Waals surface area contributed by atoms with Crippen LogP contribution in [0, 0.1) is 41.4 Å². The van der Waals surface area contributed by atoms with Gasteiger partial charge in [-0.3, -0.25) is 29.0 Å². The molecule has 0 spiro atoms. The summed E-state index contributed by atoms with van der Waals surface area (Å²) in [6, 6.07) is 9.73. The molecule has 4 amide bonds. The number of rotatable bonds is 6. The molecule has 5 saturated carbocycles. The van der Waals surface area contributed by atoms with E-state index in [1.165, 1.54) is 0 Å². The highest BCUT2D eigenvalue weighted by molar-refractivity contribution is 6.06. The van der Waals surface area contributed by atoms with Crippen molar-refractivity contribution >= 4 is 23.6 Å². The lowest BCUT2D eigenvalue weighted by atomic mass is 9.75. The highest BCUT2D eigenvalue weighted by atomic mass is 16.5. The number of carbonyl (C=O) groups is 4. The van der Waals surface area contributed by atoms with Crippen LogP contribution in [0.2, 0.25) is 0 Å². The third-order valence-electron chi connectivity index (χ3n) is 13.4. The first-order valence-corrected chi connectivity index (χ1v) is 20.1. The van der Waals surface area contributed by atoms with E-state index in [4.69, 9.17) is 9.47 Å². The lowest BCUT2D eigenvalue weighted by Crippen LogP contribution is -2.46. The van der Waals surface area contributed by atoms with E-state index in [-0.39, 0.29) is 89.7 Å². The molecule has 1 N–H and O–H groups in total. The van der Waals surface area contributed by atoms with Crippen molar-refractivity contribution in [1.82, 2.24) is 9.80 Å². The number of hydrogen-bond acceptors (Lipinski definition) is 7. The van der Waals surface area contributed by atoms with Crippen LogP contribution in [0.15, 0.2) is 30.3 Å². The molecule has 0 aromatic heterocycles. The van der Waals surface area contributed by atoms with Gasteiger partial charge in [-0.05, 0) is 128 Å². The average Bonchev–Trinajstić information content (AvgIpc) is 3.54. The first-order chi connectivity index (χ1) is 24.8. The van der Waals surface area contributed by atoms with Crippen molar-refractivity contribution in [2.75, 3.05) is 0 Å². The number of nitrogens with zero attached hydrogens (tertiary/aromatic N) is 2. The Kier molecular flexibility index (Phi) is 10.4. The molecule has 1 aromatic carbocycles. The molecule has 5 aliphatic carbocycles. The number of hydrogen-bond donors (Lipinski definition) is 1. The van der Waals surface area contributed by atoms with Crippen LogP contribution in [-0.2, 0) is 28.7 Å². The molecule has 0 radical (unpaired) electrons. The molecule has 51 heavy (non-hydrogen) atoms. The van der Waals surface area contributed by atoms with Crippen LogP contribution in [0.5, 0.6) is 0 Å². The van der Waals surface area contributed by atoms with Crippen LogP contribution >= 0.6 is 0 Å². The average molecular weight is 699 g/mol. The van der Waals surface area contributed by atoms with Gasteiger partial charge in [0.05, 0.1) is 54.2 Å². The van der Waals surface area contributed by atoms with Crippen LogP contribution in [0.1, 0.15) is 121 Å². The van der Waals surface area contributed by atoms with Crippen LogP contribution in [0.3, 0.4) is 0 Å². The Morgan fingerprint density at radius 3 is 1.61 bits per heavy atom. The fraction of sp³-hybridized carbons (Fsp3) is 0.714. The number of ether oxygens (including phenoxy) is 2. The van der Waals surface area contributed by atoms with Gasteiger partial charge < -0.3 is 14.6 Å². The zero-order valence-corrected chi connectivity index (χ0v) is 29.8. The van der Waals surface area contributed by atoms with Crippen molar-refractivity contribution in [2.24, 2.45) is 29.6 Å². The van der Waals surface area contributed by atoms with E-state index < -0.39 is 6.10 Å². The maximum absolute atomic E-state index is 13.8. The van der Waals surface area contributed by atoms with Crippen molar-refractivity contribution in [1.29, 1.82) is 0 Å². The maximum Gasteiger partial charge on any atom is 0.233 e. The smallest absolute Gasteiger partial charge is 0.233 e. The molecule has 9 heteroatoms. The van der Waals surface area contributed by atoms with Gasteiger partial charge in [0.15, 0.2) is 0 Å². The molecule has 2 heterocycles.